The number of benzene rings is 1. The fraction of sp³-hybridized carbons (Fsp3) is 0.259. The molecule has 0 bridgehead atoms. The summed E-state index contributed by atoms with van der Waals surface area (Å²) in [6.45, 7) is 6.16. The fourth-order valence-electron chi connectivity index (χ4n) is 4.41. The van der Waals surface area contributed by atoms with Gasteiger partial charge in [-0.25, -0.2) is 14.2 Å². The zero-order valence-corrected chi connectivity index (χ0v) is 22.0. The Hall–Kier alpha value is -4.88. The number of rotatable bonds is 4. The van der Waals surface area contributed by atoms with E-state index in [2.05, 4.69) is 30.6 Å². The molecule has 10 nitrogen and oxygen atoms in total. The van der Waals surface area contributed by atoms with Gasteiger partial charge in [0.1, 0.15) is 23.2 Å². The molecule has 0 spiro atoms. The van der Waals surface area contributed by atoms with Crippen molar-refractivity contribution in [3.05, 3.63) is 71.0 Å². The van der Waals surface area contributed by atoms with Gasteiger partial charge in [-0.05, 0) is 62.2 Å². The van der Waals surface area contributed by atoms with Gasteiger partial charge in [-0.2, -0.15) is 18.2 Å². The zero-order valence-electron chi connectivity index (χ0n) is 22.0. The van der Waals surface area contributed by atoms with Gasteiger partial charge < -0.3 is 19.9 Å². The number of nitrogens with zero attached hydrogens (tertiary/aromatic N) is 5. The van der Waals surface area contributed by atoms with Gasteiger partial charge in [-0.15, -0.1) is 4.99 Å². The molecular formula is C27H23F4N7O3. The third-order valence-electron chi connectivity index (χ3n) is 6.19. The van der Waals surface area contributed by atoms with Gasteiger partial charge in [-0.3, -0.25) is 9.78 Å². The lowest BCUT2D eigenvalue weighted by Crippen LogP contribution is -2.21. The highest BCUT2D eigenvalue weighted by molar-refractivity contribution is 6.03. The van der Waals surface area contributed by atoms with Crippen molar-refractivity contribution in [1.29, 1.82) is 0 Å². The zero-order chi connectivity index (χ0) is 29.5. The molecule has 0 radical (unpaired) electrons. The summed E-state index contributed by atoms with van der Waals surface area (Å²) in [6.07, 6.45) is -3.47. The molecule has 0 fully saturated rings. The van der Waals surface area contributed by atoms with E-state index in [0.29, 0.717) is 53.1 Å². The van der Waals surface area contributed by atoms with E-state index in [4.69, 9.17) is 4.74 Å². The average Bonchev–Trinajstić information content (AvgIpc) is 3.39. The third kappa shape index (κ3) is 5.71. The minimum absolute atomic E-state index is 0.0661. The van der Waals surface area contributed by atoms with E-state index in [9.17, 15) is 27.2 Å². The van der Waals surface area contributed by atoms with Crippen LogP contribution in [0.15, 0.2) is 47.7 Å². The molecule has 5 rings (SSSR count). The van der Waals surface area contributed by atoms with Crippen LogP contribution in [0.5, 0.6) is 0 Å². The summed E-state index contributed by atoms with van der Waals surface area (Å²) in [5.41, 5.74) is 0.474. The Kier molecular flexibility index (Phi) is 7.15. The van der Waals surface area contributed by atoms with E-state index in [1.165, 1.54) is 18.3 Å². The summed E-state index contributed by atoms with van der Waals surface area (Å²) in [5, 5.41) is 5.61. The van der Waals surface area contributed by atoms with Crippen LogP contribution in [0, 0.1) is 12.7 Å². The van der Waals surface area contributed by atoms with Crippen LogP contribution in [0.1, 0.15) is 35.5 Å². The van der Waals surface area contributed by atoms with Crippen LogP contribution in [0.4, 0.5) is 33.9 Å². The Bertz CT molecular complexity index is 1720. The standard InChI is InChI=1S/C27H23F4N7O3/c1-13(2)41-26(40)37-25-34-12-15-9-18(23-33-6-7-38(23)22(15)36-25)17-11-20(19(28)8-14(17)3)35-24(39)21-10-16(4-5-32-21)27(29,30)31/h4-5,8-13,33H,6-7H2,1-3H3,(H,35,39)/b37-25-. The molecule has 0 aliphatic carbocycles. The Morgan fingerprint density at radius 2 is 1.93 bits per heavy atom. The average molecular weight is 570 g/mol. The van der Waals surface area contributed by atoms with E-state index < -0.39 is 35.3 Å². The summed E-state index contributed by atoms with van der Waals surface area (Å²) in [5.74, 6) is -0.614. The van der Waals surface area contributed by atoms with Crippen molar-refractivity contribution in [2.75, 3.05) is 17.2 Å². The maximum Gasteiger partial charge on any atom is 0.437 e. The Morgan fingerprint density at radius 1 is 1.15 bits per heavy atom. The molecule has 1 aromatic heterocycles. The summed E-state index contributed by atoms with van der Waals surface area (Å²) in [6, 6.07) is 5.74. The van der Waals surface area contributed by atoms with Crippen LogP contribution in [-0.4, -0.2) is 44.2 Å². The van der Waals surface area contributed by atoms with Crippen molar-refractivity contribution in [2.24, 2.45) is 4.99 Å². The first-order valence-electron chi connectivity index (χ1n) is 12.5. The lowest BCUT2D eigenvalue weighted by molar-refractivity contribution is -0.137. The van der Waals surface area contributed by atoms with Crippen molar-refractivity contribution in [3.63, 3.8) is 0 Å². The fourth-order valence-corrected chi connectivity index (χ4v) is 4.41. The van der Waals surface area contributed by atoms with Gasteiger partial charge in [0.2, 0.25) is 0 Å². The van der Waals surface area contributed by atoms with E-state index in [0.717, 1.165) is 12.3 Å². The van der Waals surface area contributed by atoms with Crippen molar-refractivity contribution < 1.29 is 31.9 Å². The molecule has 2 N–H and O–H groups in total. The minimum atomic E-state index is -4.67. The van der Waals surface area contributed by atoms with E-state index >= 15 is 0 Å². The SMILES string of the molecule is Cc1cc(F)c(NC(=O)c2cc(C(F)(F)F)ccn2)cc1-c1cc2cn/c(=N/C(=O)OC(C)C)nc-2n2c1NCC2. The highest BCUT2D eigenvalue weighted by atomic mass is 19.4. The number of aromatic nitrogens is 4. The number of hydrogen-bond acceptors (Lipinski definition) is 7. The van der Waals surface area contributed by atoms with Crippen molar-refractivity contribution in [1.82, 2.24) is 19.5 Å². The van der Waals surface area contributed by atoms with Crippen LogP contribution in [0.25, 0.3) is 22.5 Å². The molecule has 41 heavy (non-hydrogen) atoms. The smallest absolute Gasteiger partial charge is 0.437 e. The number of alkyl halides is 3. The molecule has 0 unspecified atom stereocenters. The number of ether oxygens (including phenoxy) is 1. The first kappa shape index (κ1) is 27.7. The van der Waals surface area contributed by atoms with Gasteiger partial charge in [0.25, 0.3) is 11.5 Å². The molecule has 14 heteroatoms. The summed E-state index contributed by atoms with van der Waals surface area (Å²) in [4.78, 5) is 40.7. The molecule has 1 aromatic carbocycles. The minimum Gasteiger partial charge on any atom is -0.445 e. The van der Waals surface area contributed by atoms with Crippen molar-refractivity contribution in [3.8, 4) is 22.5 Å². The molecule has 2 amide bonds. The Balaban J connectivity index is 1.54. The second-order valence-electron chi connectivity index (χ2n) is 9.51. The van der Waals surface area contributed by atoms with Gasteiger partial charge in [0.05, 0.1) is 17.4 Å². The topological polar surface area (TPSA) is 123 Å². The van der Waals surface area contributed by atoms with Crippen LogP contribution >= 0.6 is 0 Å². The second kappa shape index (κ2) is 10.6. The van der Waals surface area contributed by atoms with E-state index in [1.54, 1.807) is 26.8 Å². The molecular weight excluding hydrogens is 546 g/mol. The monoisotopic (exact) mass is 569 g/mol. The number of anilines is 2. The number of pyridine rings is 2. The molecule has 4 heterocycles. The summed E-state index contributed by atoms with van der Waals surface area (Å²) in [7, 11) is 0. The number of halogens is 4. The largest absolute Gasteiger partial charge is 0.445 e. The first-order chi connectivity index (χ1) is 19.4. The van der Waals surface area contributed by atoms with Gasteiger partial charge in [-0.1, -0.05) is 0 Å². The van der Waals surface area contributed by atoms with Crippen molar-refractivity contribution in [2.45, 2.75) is 39.6 Å². The maximum atomic E-state index is 14.9. The quantitative estimate of drug-likeness (QED) is 0.330. The van der Waals surface area contributed by atoms with Crippen LogP contribution in [-0.2, 0) is 17.5 Å². The third-order valence-corrected chi connectivity index (χ3v) is 6.19. The maximum absolute atomic E-state index is 14.9. The predicted octanol–water partition coefficient (Wildman–Crippen LogP) is 5.03. The van der Waals surface area contributed by atoms with Crippen molar-refractivity contribution >= 4 is 23.5 Å². The molecule has 212 valence electrons. The lowest BCUT2D eigenvalue weighted by atomic mass is 9.98. The first-order valence-corrected chi connectivity index (χ1v) is 12.5. The molecule has 3 aliphatic heterocycles. The molecule has 0 atom stereocenters. The number of amides is 2. The van der Waals surface area contributed by atoms with Gasteiger partial charge in [0.15, 0.2) is 0 Å². The number of hydrogen-bond donors (Lipinski definition) is 2. The number of carbonyl (C=O) groups is 2. The predicted molar refractivity (Wildman–Crippen MR) is 140 cm³/mol. The van der Waals surface area contributed by atoms with E-state index in [-0.39, 0.29) is 17.4 Å². The number of nitrogens with one attached hydrogen (secondary N) is 2. The number of carbonyl (C=O) groups excluding carboxylic acids is 2. The number of fused-ring (bicyclic) bond motifs is 3. The van der Waals surface area contributed by atoms with Crippen LogP contribution in [0.3, 0.4) is 0 Å². The molecule has 3 aliphatic rings. The highest BCUT2D eigenvalue weighted by Crippen LogP contribution is 2.39. The molecule has 2 aromatic rings. The summed E-state index contributed by atoms with van der Waals surface area (Å²) >= 11 is 0. The lowest BCUT2D eigenvalue weighted by Gasteiger charge is -2.19. The van der Waals surface area contributed by atoms with Crippen LogP contribution < -0.4 is 16.3 Å². The van der Waals surface area contributed by atoms with Gasteiger partial charge in [0, 0.05) is 36.6 Å². The number of aryl methyl sites for hydroxylation is 1. The molecule has 0 saturated carbocycles. The van der Waals surface area contributed by atoms with E-state index in [1.807, 2.05) is 4.57 Å². The second-order valence-corrected chi connectivity index (χ2v) is 9.51. The Morgan fingerprint density at radius 3 is 2.66 bits per heavy atom. The normalized spacial score (nSPS) is 13.3. The van der Waals surface area contributed by atoms with Crippen LogP contribution in [0.2, 0.25) is 0 Å². The highest BCUT2D eigenvalue weighted by Gasteiger charge is 2.31. The van der Waals surface area contributed by atoms with Gasteiger partial charge >= 0.3 is 12.3 Å². The Labute approximate surface area is 230 Å². The summed E-state index contributed by atoms with van der Waals surface area (Å²) < 4.78 is 61.1. The molecule has 0 saturated heterocycles.